The molecule has 4 nitrogen and oxygen atoms in total. The molecular formula is C19H34O4. The molecule has 0 bridgehead atoms. The summed E-state index contributed by atoms with van der Waals surface area (Å²) < 4.78 is 4.64. The number of aliphatic hydroxyl groups is 2. The Labute approximate surface area is 140 Å². The second kappa shape index (κ2) is 11.6. The number of ether oxygens (including phenoxy) is 1. The van der Waals surface area contributed by atoms with Gasteiger partial charge in [-0.3, -0.25) is 4.79 Å². The number of rotatable bonds is 12. The molecule has 4 atom stereocenters. The van der Waals surface area contributed by atoms with Crippen LogP contribution in [-0.4, -0.2) is 35.5 Å². The molecule has 0 amide bonds. The van der Waals surface area contributed by atoms with E-state index in [1.54, 1.807) is 0 Å². The van der Waals surface area contributed by atoms with Crippen LogP contribution in [0.1, 0.15) is 71.1 Å². The van der Waals surface area contributed by atoms with Crippen molar-refractivity contribution in [3.8, 4) is 0 Å². The molecule has 0 aliphatic heterocycles. The zero-order valence-corrected chi connectivity index (χ0v) is 14.7. The van der Waals surface area contributed by atoms with Crippen LogP contribution in [0.15, 0.2) is 12.2 Å². The van der Waals surface area contributed by atoms with E-state index in [-0.39, 0.29) is 24.1 Å². The first-order valence-electron chi connectivity index (χ1n) is 9.19. The predicted octanol–water partition coefficient (Wildman–Crippen LogP) is 3.60. The van der Waals surface area contributed by atoms with Crippen LogP contribution >= 0.6 is 0 Å². The Hall–Kier alpha value is -0.870. The largest absolute Gasteiger partial charge is 0.469 e. The third-order valence-electron chi connectivity index (χ3n) is 4.91. The number of methoxy groups -OCH3 is 1. The fourth-order valence-electron chi connectivity index (χ4n) is 3.40. The number of carbonyl (C=O) groups excluding carboxylic acids is 1. The predicted molar refractivity (Wildman–Crippen MR) is 92.0 cm³/mol. The molecule has 0 radical (unpaired) electrons. The Morgan fingerprint density at radius 3 is 2.61 bits per heavy atom. The Bertz CT molecular complexity index is 353. The first-order valence-corrected chi connectivity index (χ1v) is 9.19. The Morgan fingerprint density at radius 2 is 1.91 bits per heavy atom. The molecule has 4 unspecified atom stereocenters. The lowest BCUT2D eigenvalue weighted by Gasteiger charge is -2.23. The van der Waals surface area contributed by atoms with Crippen molar-refractivity contribution >= 4 is 5.97 Å². The minimum Gasteiger partial charge on any atom is -0.469 e. The minimum atomic E-state index is -0.379. The number of unbranched alkanes of at least 4 members (excludes halogenated alkanes) is 3. The van der Waals surface area contributed by atoms with Gasteiger partial charge in [-0.1, -0.05) is 44.8 Å². The first-order chi connectivity index (χ1) is 11.1. The van der Waals surface area contributed by atoms with Crippen LogP contribution in [0.5, 0.6) is 0 Å². The topological polar surface area (TPSA) is 66.8 Å². The highest BCUT2D eigenvalue weighted by Crippen LogP contribution is 2.34. The summed E-state index contributed by atoms with van der Waals surface area (Å²) in [6.07, 6.45) is 12.6. The highest BCUT2D eigenvalue weighted by Gasteiger charge is 2.29. The van der Waals surface area contributed by atoms with Crippen molar-refractivity contribution in [1.82, 2.24) is 0 Å². The SMILES string of the molecule is CCCCCC(O)CCC1C=CC(O)C1CCCCC(=O)OC. The van der Waals surface area contributed by atoms with E-state index in [1.165, 1.54) is 20.0 Å². The van der Waals surface area contributed by atoms with Gasteiger partial charge in [-0.05, 0) is 43.9 Å². The normalized spacial score (nSPS) is 24.8. The van der Waals surface area contributed by atoms with E-state index < -0.39 is 0 Å². The van der Waals surface area contributed by atoms with Crippen LogP contribution in [0.25, 0.3) is 0 Å². The number of hydrogen-bond acceptors (Lipinski definition) is 4. The molecule has 23 heavy (non-hydrogen) atoms. The maximum absolute atomic E-state index is 11.1. The van der Waals surface area contributed by atoms with Crippen molar-refractivity contribution in [3.05, 3.63) is 12.2 Å². The third-order valence-corrected chi connectivity index (χ3v) is 4.91. The molecule has 0 saturated heterocycles. The fraction of sp³-hybridized carbons (Fsp3) is 0.842. The quantitative estimate of drug-likeness (QED) is 0.327. The summed E-state index contributed by atoms with van der Waals surface area (Å²) in [7, 11) is 1.41. The second-order valence-corrected chi connectivity index (χ2v) is 6.75. The average Bonchev–Trinajstić information content (AvgIpc) is 2.89. The van der Waals surface area contributed by atoms with E-state index >= 15 is 0 Å². The fourth-order valence-corrected chi connectivity index (χ4v) is 3.40. The van der Waals surface area contributed by atoms with Gasteiger partial charge in [-0.15, -0.1) is 0 Å². The number of carbonyl (C=O) groups is 1. The standard InChI is InChI=1S/C19H34O4/c1-3-4-5-8-16(20)13-11-15-12-14-18(21)17(15)9-6-7-10-19(22)23-2/h12,14-18,20-21H,3-11,13H2,1-2H3. The van der Waals surface area contributed by atoms with Crippen molar-refractivity contribution in [2.45, 2.75) is 83.3 Å². The molecule has 0 aromatic rings. The zero-order chi connectivity index (χ0) is 17.1. The van der Waals surface area contributed by atoms with Crippen molar-refractivity contribution in [2.24, 2.45) is 11.8 Å². The summed E-state index contributed by atoms with van der Waals surface area (Å²) in [6, 6.07) is 0. The number of aliphatic hydroxyl groups excluding tert-OH is 2. The summed E-state index contributed by atoms with van der Waals surface area (Å²) in [4.78, 5) is 11.1. The number of allylic oxidation sites excluding steroid dienone is 1. The monoisotopic (exact) mass is 326 g/mol. The summed E-state index contributed by atoms with van der Waals surface area (Å²) in [5, 5.41) is 20.2. The van der Waals surface area contributed by atoms with Crippen LogP contribution < -0.4 is 0 Å². The lowest BCUT2D eigenvalue weighted by atomic mass is 9.85. The van der Waals surface area contributed by atoms with E-state index in [0.717, 1.165) is 44.9 Å². The van der Waals surface area contributed by atoms with Gasteiger partial charge in [-0.25, -0.2) is 0 Å². The van der Waals surface area contributed by atoms with Crippen molar-refractivity contribution in [2.75, 3.05) is 7.11 Å². The molecule has 0 aromatic carbocycles. The maximum atomic E-state index is 11.1. The van der Waals surface area contributed by atoms with E-state index in [2.05, 4.69) is 17.7 Å². The molecule has 0 spiro atoms. The van der Waals surface area contributed by atoms with Crippen LogP contribution in [-0.2, 0) is 9.53 Å². The third kappa shape index (κ3) is 7.98. The molecular weight excluding hydrogens is 292 g/mol. The van der Waals surface area contributed by atoms with Crippen LogP contribution in [0.3, 0.4) is 0 Å². The lowest BCUT2D eigenvalue weighted by Crippen LogP contribution is -2.21. The van der Waals surface area contributed by atoms with Gasteiger partial charge >= 0.3 is 5.97 Å². The molecule has 134 valence electrons. The number of esters is 1. The van der Waals surface area contributed by atoms with Crippen molar-refractivity contribution in [3.63, 3.8) is 0 Å². The van der Waals surface area contributed by atoms with Crippen LogP contribution in [0.2, 0.25) is 0 Å². The Balaban J connectivity index is 2.25. The van der Waals surface area contributed by atoms with E-state index in [1.807, 2.05) is 6.08 Å². The molecule has 1 aliphatic rings. The highest BCUT2D eigenvalue weighted by atomic mass is 16.5. The van der Waals surface area contributed by atoms with Crippen LogP contribution in [0, 0.1) is 11.8 Å². The molecule has 0 fully saturated rings. The van der Waals surface area contributed by atoms with Gasteiger partial charge in [0.15, 0.2) is 0 Å². The summed E-state index contributed by atoms with van der Waals surface area (Å²) in [6.45, 7) is 2.17. The molecule has 1 aliphatic carbocycles. The maximum Gasteiger partial charge on any atom is 0.305 e. The minimum absolute atomic E-state index is 0.165. The van der Waals surface area contributed by atoms with Gasteiger partial charge in [0.1, 0.15) is 0 Å². The molecule has 0 aromatic heterocycles. The first kappa shape index (κ1) is 20.2. The van der Waals surface area contributed by atoms with Crippen molar-refractivity contribution < 1.29 is 19.7 Å². The van der Waals surface area contributed by atoms with Gasteiger partial charge in [0.25, 0.3) is 0 Å². The van der Waals surface area contributed by atoms with Gasteiger partial charge in [-0.2, -0.15) is 0 Å². The van der Waals surface area contributed by atoms with Gasteiger partial charge in [0.2, 0.25) is 0 Å². The smallest absolute Gasteiger partial charge is 0.305 e. The second-order valence-electron chi connectivity index (χ2n) is 6.75. The van der Waals surface area contributed by atoms with Gasteiger partial charge in [0, 0.05) is 6.42 Å². The highest BCUT2D eigenvalue weighted by molar-refractivity contribution is 5.68. The Kier molecular flexibility index (Phi) is 10.2. The van der Waals surface area contributed by atoms with E-state index in [9.17, 15) is 15.0 Å². The summed E-state index contributed by atoms with van der Waals surface area (Å²) in [5.74, 6) is 0.418. The van der Waals surface area contributed by atoms with E-state index in [0.29, 0.717) is 12.3 Å². The molecule has 1 rings (SSSR count). The lowest BCUT2D eigenvalue weighted by molar-refractivity contribution is -0.140. The molecule has 2 N–H and O–H groups in total. The number of hydrogen-bond donors (Lipinski definition) is 2. The molecule has 0 saturated carbocycles. The van der Waals surface area contributed by atoms with Crippen molar-refractivity contribution in [1.29, 1.82) is 0 Å². The van der Waals surface area contributed by atoms with Gasteiger partial charge < -0.3 is 14.9 Å². The van der Waals surface area contributed by atoms with Gasteiger partial charge in [0.05, 0.1) is 19.3 Å². The molecule has 4 heteroatoms. The zero-order valence-electron chi connectivity index (χ0n) is 14.7. The van der Waals surface area contributed by atoms with E-state index in [4.69, 9.17) is 0 Å². The average molecular weight is 326 g/mol. The molecule has 0 heterocycles. The summed E-state index contributed by atoms with van der Waals surface area (Å²) >= 11 is 0. The Morgan fingerprint density at radius 1 is 1.13 bits per heavy atom. The summed E-state index contributed by atoms with van der Waals surface area (Å²) in [5.41, 5.74) is 0. The van der Waals surface area contributed by atoms with Crippen LogP contribution in [0.4, 0.5) is 0 Å².